The van der Waals surface area contributed by atoms with Crippen molar-refractivity contribution in [1.29, 1.82) is 0 Å². The molecule has 0 atom stereocenters. The molecule has 1 aromatic carbocycles. The first kappa shape index (κ1) is 13.1. The maximum atomic E-state index is 5.99. The first-order valence-electron chi connectivity index (χ1n) is 6.07. The summed E-state index contributed by atoms with van der Waals surface area (Å²) in [5.41, 5.74) is 9.07. The maximum Gasteiger partial charge on any atom is 0.110 e. The molecule has 0 amide bonds. The quantitative estimate of drug-likeness (QED) is 0.921. The molecule has 0 fully saturated rings. The van der Waals surface area contributed by atoms with Crippen molar-refractivity contribution in [3.8, 4) is 0 Å². The number of benzene rings is 1. The van der Waals surface area contributed by atoms with E-state index in [1.54, 1.807) is 0 Å². The lowest BCUT2D eigenvalue weighted by Gasteiger charge is -2.02. The molecule has 0 spiro atoms. The fourth-order valence-corrected chi connectivity index (χ4v) is 2.27. The van der Waals surface area contributed by atoms with Crippen LogP contribution in [0.5, 0.6) is 0 Å². The molecule has 0 aliphatic rings. The molecule has 18 heavy (non-hydrogen) atoms. The van der Waals surface area contributed by atoms with Gasteiger partial charge >= 0.3 is 0 Å². The molecule has 4 heteroatoms. The summed E-state index contributed by atoms with van der Waals surface area (Å²) >= 11 is 5.99. The van der Waals surface area contributed by atoms with E-state index in [1.807, 2.05) is 25.2 Å². The van der Waals surface area contributed by atoms with E-state index in [9.17, 15) is 0 Å². The lowest BCUT2D eigenvalue weighted by Crippen LogP contribution is -2.08. The number of halogens is 1. The molecule has 0 bridgehead atoms. The van der Waals surface area contributed by atoms with Crippen molar-refractivity contribution in [3.63, 3.8) is 0 Å². The Hall–Kier alpha value is -1.32. The Bertz CT molecular complexity index is 546. The monoisotopic (exact) mass is 263 g/mol. The topological polar surface area (TPSA) is 43.8 Å². The largest absolute Gasteiger partial charge is 0.335 e. The van der Waals surface area contributed by atoms with Crippen LogP contribution in [0, 0.1) is 6.92 Å². The Balaban J connectivity index is 2.26. The summed E-state index contributed by atoms with van der Waals surface area (Å²) in [6, 6.07) is 7.91. The second-order valence-electron chi connectivity index (χ2n) is 4.46. The van der Waals surface area contributed by atoms with Gasteiger partial charge in [-0.15, -0.1) is 0 Å². The van der Waals surface area contributed by atoms with Crippen molar-refractivity contribution >= 4 is 11.6 Å². The molecule has 1 aromatic heterocycles. The minimum Gasteiger partial charge on any atom is -0.335 e. The fourth-order valence-electron chi connectivity index (χ4n) is 2.06. The number of nitrogens with two attached hydrogens (primary N) is 1. The molecular weight excluding hydrogens is 246 g/mol. The van der Waals surface area contributed by atoms with Gasteiger partial charge in [0.25, 0.3) is 0 Å². The van der Waals surface area contributed by atoms with Gasteiger partial charge in [-0.1, -0.05) is 23.7 Å². The number of hydrogen-bond donors (Lipinski definition) is 1. The number of nitrogens with zero attached hydrogens (tertiary/aromatic N) is 2. The fraction of sp³-hybridized carbons (Fsp3) is 0.357. The highest BCUT2D eigenvalue weighted by Crippen LogP contribution is 2.17. The van der Waals surface area contributed by atoms with Gasteiger partial charge in [0.15, 0.2) is 0 Å². The summed E-state index contributed by atoms with van der Waals surface area (Å²) in [5.74, 6) is 1.05. The van der Waals surface area contributed by atoms with Gasteiger partial charge in [-0.05, 0) is 31.2 Å². The Labute approximate surface area is 113 Å². The number of imidazole rings is 1. The Morgan fingerprint density at radius 2 is 2.17 bits per heavy atom. The molecule has 0 radical (unpaired) electrons. The van der Waals surface area contributed by atoms with Crippen LogP contribution >= 0.6 is 11.6 Å². The van der Waals surface area contributed by atoms with E-state index in [4.69, 9.17) is 17.3 Å². The summed E-state index contributed by atoms with van der Waals surface area (Å²) in [6.45, 7) is 2.72. The Morgan fingerprint density at radius 3 is 2.83 bits per heavy atom. The second kappa shape index (κ2) is 5.55. The summed E-state index contributed by atoms with van der Waals surface area (Å²) in [5, 5.41) is 0.767. The zero-order valence-corrected chi connectivity index (χ0v) is 11.5. The van der Waals surface area contributed by atoms with Crippen LogP contribution in [0.3, 0.4) is 0 Å². The van der Waals surface area contributed by atoms with Crippen molar-refractivity contribution in [3.05, 3.63) is 52.1 Å². The molecule has 0 saturated heterocycles. The van der Waals surface area contributed by atoms with Gasteiger partial charge in [-0.3, -0.25) is 0 Å². The highest BCUT2D eigenvalue weighted by Gasteiger charge is 2.11. The van der Waals surface area contributed by atoms with Crippen LogP contribution in [0.4, 0.5) is 0 Å². The molecule has 2 rings (SSSR count). The molecule has 3 nitrogen and oxygen atoms in total. The normalized spacial score (nSPS) is 10.9. The minimum absolute atomic E-state index is 0.626. The lowest BCUT2D eigenvalue weighted by molar-refractivity contribution is 0.761. The molecular formula is C14H18ClN3. The molecule has 2 N–H and O–H groups in total. The van der Waals surface area contributed by atoms with Gasteiger partial charge in [0.05, 0.1) is 5.69 Å². The standard InChI is InChI=1S/C14H18ClN3/c1-10-13(17-14(6-7-16)18(10)2)9-11-4-3-5-12(15)8-11/h3-5,8H,6-7,9,16H2,1-2H3. The Morgan fingerprint density at radius 1 is 1.39 bits per heavy atom. The van der Waals surface area contributed by atoms with E-state index in [0.29, 0.717) is 6.54 Å². The summed E-state index contributed by atoms with van der Waals surface area (Å²) in [4.78, 5) is 4.66. The maximum absolute atomic E-state index is 5.99. The number of aromatic nitrogens is 2. The zero-order valence-electron chi connectivity index (χ0n) is 10.8. The van der Waals surface area contributed by atoms with E-state index < -0.39 is 0 Å². The third-order valence-corrected chi connectivity index (χ3v) is 3.44. The van der Waals surface area contributed by atoms with Gasteiger partial charge in [0.1, 0.15) is 5.82 Å². The van der Waals surface area contributed by atoms with Crippen LogP contribution < -0.4 is 5.73 Å². The van der Waals surface area contributed by atoms with Crippen LogP contribution in [0.15, 0.2) is 24.3 Å². The van der Waals surface area contributed by atoms with Crippen molar-refractivity contribution in [2.24, 2.45) is 12.8 Å². The molecule has 2 aromatic rings. The predicted octanol–water partition coefficient (Wildman–Crippen LogP) is 2.47. The number of hydrogen-bond acceptors (Lipinski definition) is 2. The van der Waals surface area contributed by atoms with E-state index in [1.165, 1.54) is 11.3 Å². The average molecular weight is 264 g/mol. The lowest BCUT2D eigenvalue weighted by atomic mass is 10.1. The van der Waals surface area contributed by atoms with E-state index in [2.05, 4.69) is 22.5 Å². The zero-order chi connectivity index (χ0) is 13.1. The molecule has 0 aliphatic heterocycles. The first-order chi connectivity index (χ1) is 8.61. The van der Waals surface area contributed by atoms with Gasteiger partial charge in [0, 0.05) is 30.6 Å². The van der Waals surface area contributed by atoms with E-state index >= 15 is 0 Å². The molecule has 0 aliphatic carbocycles. The molecule has 1 heterocycles. The Kier molecular flexibility index (Phi) is 4.04. The van der Waals surface area contributed by atoms with Crippen molar-refractivity contribution in [2.45, 2.75) is 19.8 Å². The second-order valence-corrected chi connectivity index (χ2v) is 4.90. The molecule has 96 valence electrons. The highest BCUT2D eigenvalue weighted by molar-refractivity contribution is 6.30. The van der Waals surface area contributed by atoms with E-state index in [0.717, 1.165) is 29.4 Å². The third kappa shape index (κ3) is 2.74. The first-order valence-corrected chi connectivity index (χ1v) is 6.45. The van der Waals surface area contributed by atoms with Crippen molar-refractivity contribution in [2.75, 3.05) is 6.54 Å². The molecule has 0 unspecified atom stereocenters. The van der Waals surface area contributed by atoms with E-state index in [-0.39, 0.29) is 0 Å². The summed E-state index contributed by atoms with van der Waals surface area (Å²) < 4.78 is 2.12. The van der Waals surface area contributed by atoms with Crippen LogP contribution in [0.25, 0.3) is 0 Å². The van der Waals surface area contributed by atoms with Gasteiger partial charge in [0.2, 0.25) is 0 Å². The van der Waals surface area contributed by atoms with Crippen molar-refractivity contribution < 1.29 is 0 Å². The minimum atomic E-state index is 0.626. The van der Waals surface area contributed by atoms with Crippen LogP contribution in [-0.2, 0) is 19.9 Å². The molecule has 0 saturated carbocycles. The van der Waals surface area contributed by atoms with Crippen molar-refractivity contribution in [1.82, 2.24) is 9.55 Å². The third-order valence-electron chi connectivity index (χ3n) is 3.20. The van der Waals surface area contributed by atoms with Crippen LogP contribution in [-0.4, -0.2) is 16.1 Å². The van der Waals surface area contributed by atoms with Crippen LogP contribution in [0.1, 0.15) is 22.8 Å². The highest BCUT2D eigenvalue weighted by atomic mass is 35.5. The van der Waals surface area contributed by atoms with Gasteiger partial charge in [-0.25, -0.2) is 4.98 Å². The SMILES string of the molecule is Cc1c(Cc2cccc(Cl)c2)nc(CCN)n1C. The number of rotatable bonds is 4. The van der Waals surface area contributed by atoms with Gasteiger partial charge in [-0.2, -0.15) is 0 Å². The average Bonchev–Trinajstić information content (AvgIpc) is 2.59. The van der Waals surface area contributed by atoms with Crippen LogP contribution in [0.2, 0.25) is 5.02 Å². The smallest absolute Gasteiger partial charge is 0.110 e. The summed E-state index contributed by atoms with van der Waals surface area (Å²) in [7, 11) is 2.04. The summed E-state index contributed by atoms with van der Waals surface area (Å²) in [6.07, 6.45) is 1.62. The predicted molar refractivity (Wildman–Crippen MR) is 75.0 cm³/mol. The van der Waals surface area contributed by atoms with Gasteiger partial charge < -0.3 is 10.3 Å².